The van der Waals surface area contributed by atoms with E-state index in [4.69, 9.17) is 14.2 Å². The van der Waals surface area contributed by atoms with Crippen molar-refractivity contribution in [2.24, 2.45) is 34.5 Å². The number of hydrogen-bond acceptors (Lipinski definition) is 7. The molecule has 0 heterocycles. The first-order valence-corrected chi connectivity index (χ1v) is 13.1. The van der Waals surface area contributed by atoms with Gasteiger partial charge in [0.1, 0.15) is 18.3 Å². The maximum atomic E-state index is 12.1. The summed E-state index contributed by atoms with van der Waals surface area (Å²) in [7, 11) is 0. The fraction of sp³-hybridized carbons (Fsp3) is 0.889. The van der Waals surface area contributed by atoms with E-state index in [-0.39, 0.29) is 24.1 Å². The average Bonchev–Trinajstić information content (AvgIpc) is 3.02. The van der Waals surface area contributed by atoms with Gasteiger partial charge in [0.15, 0.2) is 6.10 Å². The van der Waals surface area contributed by atoms with Crippen LogP contribution in [-0.2, 0) is 28.6 Å². The van der Waals surface area contributed by atoms with Crippen LogP contribution >= 0.6 is 0 Å². The van der Waals surface area contributed by atoms with Gasteiger partial charge in [-0.15, -0.1) is 0 Å². The lowest BCUT2D eigenvalue weighted by Crippen LogP contribution is -2.61. The van der Waals surface area contributed by atoms with Crippen molar-refractivity contribution in [2.45, 2.75) is 110 Å². The molecule has 0 aromatic rings. The molecule has 4 saturated carbocycles. The fourth-order valence-electron chi connectivity index (χ4n) is 8.80. The zero-order valence-corrected chi connectivity index (χ0v) is 21.4. The average molecular weight is 479 g/mol. The Morgan fingerprint density at radius 3 is 2.24 bits per heavy atom. The zero-order valence-electron chi connectivity index (χ0n) is 21.4. The summed E-state index contributed by atoms with van der Waals surface area (Å²) in [4.78, 5) is 34.9. The quantitative estimate of drug-likeness (QED) is 0.467. The van der Waals surface area contributed by atoms with Crippen LogP contribution in [0.25, 0.3) is 0 Å². The molecule has 0 radical (unpaired) electrons. The van der Waals surface area contributed by atoms with Gasteiger partial charge < -0.3 is 19.3 Å². The smallest absolute Gasteiger partial charge is 0.303 e. The molecule has 7 nitrogen and oxygen atoms in total. The third-order valence-corrected chi connectivity index (χ3v) is 10.4. The van der Waals surface area contributed by atoms with Gasteiger partial charge in [0.25, 0.3) is 0 Å². The Hall–Kier alpha value is -1.63. The molecule has 34 heavy (non-hydrogen) atoms. The van der Waals surface area contributed by atoms with Crippen molar-refractivity contribution in [3.05, 3.63) is 0 Å². The van der Waals surface area contributed by atoms with E-state index < -0.39 is 29.1 Å². The molecule has 0 amide bonds. The van der Waals surface area contributed by atoms with Crippen molar-refractivity contribution >= 4 is 17.9 Å². The van der Waals surface area contributed by atoms with Crippen molar-refractivity contribution < 1.29 is 33.7 Å². The maximum Gasteiger partial charge on any atom is 0.303 e. The Morgan fingerprint density at radius 1 is 0.882 bits per heavy atom. The summed E-state index contributed by atoms with van der Waals surface area (Å²) in [5, 5.41) is 12.1. The van der Waals surface area contributed by atoms with Crippen LogP contribution in [0.2, 0.25) is 0 Å². The van der Waals surface area contributed by atoms with E-state index in [1.165, 1.54) is 20.8 Å². The molecular weight excluding hydrogens is 436 g/mol. The second-order valence-electron chi connectivity index (χ2n) is 12.0. The first-order chi connectivity index (χ1) is 15.9. The van der Waals surface area contributed by atoms with Gasteiger partial charge in [-0.25, -0.2) is 0 Å². The Balaban J connectivity index is 1.55. The fourth-order valence-corrected chi connectivity index (χ4v) is 8.80. The number of fused-ring (bicyclic) bond motifs is 5. The molecule has 4 aliphatic carbocycles. The zero-order chi connectivity index (χ0) is 24.9. The summed E-state index contributed by atoms with van der Waals surface area (Å²) < 4.78 is 16.4. The predicted molar refractivity (Wildman–Crippen MR) is 124 cm³/mol. The Morgan fingerprint density at radius 2 is 1.59 bits per heavy atom. The molecule has 0 spiro atoms. The van der Waals surface area contributed by atoms with E-state index in [2.05, 4.69) is 13.8 Å². The lowest BCUT2D eigenvalue weighted by molar-refractivity contribution is -0.213. The molecule has 4 fully saturated rings. The van der Waals surface area contributed by atoms with Gasteiger partial charge in [0.2, 0.25) is 0 Å². The molecule has 192 valence electrons. The normalized spacial score (nSPS) is 44.1. The van der Waals surface area contributed by atoms with Gasteiger partial charge in [0.05, 0.1) is 0 Å². The highest BCUT2D eigenvalue weighted by molar-refractivity contribution is 5.67. The van der Waals surface area contributed by atoms with Gasteiger partial charge in [-0.2, -0.15) is 0 Å². The van der Waals surface area contributed by atoms with Crippen LogP contribution < -0.4 is 0 Å². The molecule has 4 rings (SSSR count). The number of carbonyl (C=O) groups excluding carboxylic acids is 3. The highest BCUT2D eigenvalue weighted by Gasteiger charge is 2.67. The van der Waals surface area contributed by atoms with E-state index in [1.807, 2.05) is 0 Å². The predicted octanol–water partition coefficient (Wildman–Crippen LogP) is 4.19. The topological polar surface area (TPSA) is 99.1 Å². The van der Waals surface area contributed by atoms with Crippen LogP contribution in [0.15, 0.2) is 0 Å². The molecular formula is C27H42O7. The molecule has 0 aromatic heterocycles. The number of ether oxygens (including phenoxy) is 3. The second-order valence-corrected chi connectivity index (χ2v) is 12.0. The van der Waals surface area contributed by atoms with Crippen LogP contribution in [0.3, 0.4) is 0 Å². The highest BCUT2D eigenvalue weighted by Crippen LogP contribution is 2.69. The Labute approximate surface area is 203 Å². The summed E-state index contributed by atoms with van der Waals surface area (Å²) in [5.41, 5.74) is -1.38. The van der Waals surface area contributed by atoms with Crippen molar-refractivity contribution in [2.75, 3.05) is 6.61 Å². The van der Waals surface area contributed by atoms with Gasteiger partial charge in [-0.3, -0.25) is 14.4 Å². The van der Waals surface area contributed by atoms with E-state index in [0.717, 1.165) is 51.4 Å². The van der Waals surface area contributed by atoms with E-state index in [0.29, 0.717) is 30.1 Å². The van der Waals surface area contributed by atoms with Crippen molar-refractivity contribution in [1.82, 2.24) is 0 Å². The highest BCUT2D eigenvalue weighted by atomic mass is 16.6. The monoisotopic (exact) mass is 478 g/mol. The summed E-state index contributed by atoms with van der Waals surface area (Å²) >= 11 is 0. The number of esters is 3. The van der Waals surface area contributed by atoms with E-state index in [9.17, 15) is 19.5 Å². The first kappa shape index (κ1) is 25.5. The van der Waals surface area contributed by atoms with Gasteiger partial charge >= 0.3 is 17.9 Å². The Kier molecular flexibility index (Phi) is 6.82. The number of aliphatic hydroxyl groups is 1. The largest absolute Gasteiger partial charge is 0.463 e. The Bertz CT molecular complexity index is 826. The summed E-state index contributed by atoms with van der Waals surface area (Å²) in [6.45, 7) is 8.66. The minimum absolute atomic E-state index is 0.0447. The third-order valence-electron chi connectivity index (χ3n) is 10.4. The minimum Gasteiger partial charge on any atom is -0.463 e. The molecule has 4 aliphatic rings. The third kappa shape index (κ3) is 4.16. The van der Waals surface area contributed by atoms with Crippen LogP contribution in [0, 0.1) is 34.5 Å². The lowest BCUT2D eigenvalue weighted by atomic mass is 9.44. The van der Waals surface area contributed by atoms with Crippen LogP contribution in [0.1, 0.15) is 92.4 Å². The summed E-state index contributed by atoms with van der Waals surface area (Å²) in [6.07, 6.45) is 7.74. The van der Waals surface area contributed by atoms with E-state index in [1.54, 1.807) is 0 Å². The number of carbonyl (C=O) groups is 3. The van der Waals surface area contributed by atoms with Gasteiger partial charge in [0, 0.05) is 26.2 Å². The van der Waals surface area contributed by atoms with Crippen molar-refractivity contribution in [3.63, 3.8) is 0 Å². The van der Waals surface area contributed by atoms with Crippen LogP contribution in [0.5, 0.6) is 0 Å². The SMILES string of the molecule is CC(=O)OC[C@@H](OC(C)=O)[C@]1(O)CC[C@@H]2[C@@H]3CC[C@H]4C[C@H](OC(C)=O)CC[C@]4(C)[C@H]3CC[C@]21C. The molecule has 0 bridgehead atoms. The molecule has 9 atom stereocenters. The summed E-state index contributed by atoms with van der Waals surface area (Å²) in [5.74, 6) is 0.919. The van der Waals surface area contributed by atoms with E-state index >= 15 is 0 Å². The summed E-state index contributed by atoms with van der Waals surface area (Å²) in [6, 6.07) is 0. The molecule has 0 aliphatic heterocycles. The van der Waals surface area contributed by atoms with Crippen LogP contribution in [-0.4, -0.2) is 47.4 Å². The van der Waals surface area contributed by atoms with Gasteiger partial charge in [-0.05, 0) is 86.9 Å². The first-order valence-electron chi connectivity index (χ1n) is 13.1. The van der Waals surface area contributed by atoms with Crippen molar-refractivity contribution in [1.29, 1.82) is 0 Å². The molecule has 1 N–H and O–H groups in total. The maximum absolute atomic E-state index is 12.1. The second kappa shape index (κ2) is 9.11. The molecule has 7 heteroatoms. The molecule has 0 aromatic carbocycles. The standard InChI is InChI=1S/C27H42O7/c1-16(28)32-15-24(34-18(3)30)27(31)13-10-23-21-7-6-19-14-20(33-17(2)29)8-11-25(19,4)22(21)9-12-26(23,27)5/h19-24,31H,6-15H2,1-5H3/t19-,20+,21+,22-,23+,24+,25-,26+,27+/m0/s1. The van der Waals surface area contributed by atoms with Crippen molar-refractivity contribution in [3.8, 4) is 0 Å². The molecule has 0 saturated heterocycles. The number of hydrogen-bond donors (Lipinski definition) is 1. The minimum atomic E-state index is -1.21. The van der Waals surface area contributed by atoms with Crippen LogP contribution in [0.4, 0.5) is 0 Å². The lowest BCUT2D eigenvalue weighted by Gasteiger charge is -2.62. The van der Waals surface area contributed by atoms with Gasteiger partial charge in [-0.1, -0.05) is 13.8 Å². The molecule has 0 unspecified atom stereocenters. The number of rotatable bonds is 5.